The van der Waals surface area contributed by atoms with Crippen molar-refractivity contribution < 1.29 is 4.74 Å². The third-order valence-electron chi connectivity index (χ3n) is 3.66. The zero-order valence-electron chi connectivity index (χ0n) is 10.4. The summed E-state index contributed by atoms with van der Waals surface area (Å²) >= 11 is 0. The highest BCUT2D eigenvalue weighted by atomic mass is 35.5. The maximum Gasteiger partial charge on any atom is 0.118 e. The van der Waals surface area contributed by atoms with Crippen molar-refractivity contribution in [2.75, 3.05) is 7.11 Å². The van der Waals surface area contributed by atoms with Gasteiger partial charge in [0.15, 0.2) is 0 Å². The van der Waals surface area contributed by atoms with Crippen molar-refractivity contribution in [3.05, 3.63) is 29.8 Å². The lowest BCUT2D eigenvalue weighted by molar-refractivity contribution is 0.308. The van der Waals surface area contributed by atoms with Crippen molar-refractivity contribution in [2.24, 2.45) is 11.7 Å². The Bertz CT molecular complexity index is 319. The van der Waals surface area contributed by atoms with E-state index in [2.05, 4.69) is 12.1 Å². The van der Waals surface area contributed by atoms with Gasteiger partial charge >= 0.3 is 0 Å². The van der Waals surface area contributed by atoms with Gasteiger partial charge in [0.05, 0.1) is 7.11 Å². The molecule has 1 aliphatic carbocycles. The molecule has 0 aliphatic heterocycles. The van der Waals surface area contributed by atoms with Crippen LogP contribution in [0.3, 0.4) is 0 Å². The van der Waals surface area contributed by atoms with Crippen LogP contribution in [0.1, 0.15) is 43.7 Å². The van der Waals surface area contributed by atoms with Gasteiger partial charge in [-0.1, -0.05) is 31.4 Å². The zero-order chi connectivity index (χ0) is 11.4. The summed E-state index contributed by atoms with van der Waals surface area (Å²) in [6.45, 7) is 0. The molecular formula is C14H22ClNO. The first-order valence-electron chi connectivity index (χ1n) is 6.21. The second-order valence-corrected chi connectivity index (χ2v) is 4.70. The van der Waals surface area contributed by atoms with E-state index in [0.29, 0.717) is 5.92 Å². The minimum Gasteiger partial charge on any atom is -0.497 e. The van der Waals surface area contributed by atoms with E-state index < -0.39 is 0 Å². The second kappa shape index (κ2) is 6.87. The molecule has 96 valence electrons. The fourth-order valence-electron chi connectivity index (χ4n) is 2.59. The van der Waals surface area contributed by atoms with Gasteiger partial charge in [-0.05, 0) is 36.5 Å². The number of ether oxygens (including phenoxy) is 1. The summed E-state index contributed by atoms with van der Waals surface area (Å²) in [5.74, 6) is 1.57. The van der Waals surface area contributed by atoms with E-state index in [1.807, 2.05) is 12.1 Å². The predicted octanol–water partition coefficient (Wildman–Crippen LogP) is 3.70. The Morgan fingerprint density at radius 1 is 1.12 bits per heavy atom. The number of nitrogens with two attached hydrogens (primary N) is 1. The Labute approximate surface area is 110 Å². The van der Waals surface area contributed by atoms with E-state index in [-0.39, 0.29) is 18.4 Å². The molecule has 1 fully saturated rings. The van der Waals surface area contributed by atoms with Crippen LogP contribution < -0.4 is 10.5 Å². The van der Waals surface area contributed by atoms with Gasteiger partial charge in [0.2, 0.25) is 0 Å². The first kappa shape index (κ1) is 14.3. The second-order valence-electron chi connectivity index (χ2n) is 4.70. The molecule has 1 atom stereocenters. The third kappa shape index (κ3) is 3.62. The molecule has 0 aromatic heterocycles. The fraction of sp³-hybridized carbons (Fsp3) is 0.571. The molecule has 2 nitrogen and oxygen atoms in total. The molecule has 3 heteroatoms. The molecular weight excluding hydrogens is 234 g/mol. The summed E-state index contributed by atoms with van der Waals surface area (Å²) in [4.78, 5) is 0. The zero-order valence-corrected chi connectivity index (χ0v) is 11.2. The number of methoxy groups -OCH3 is 1. The van der Waals surface area contributed by atoms with Crippen LogP contribution in [0.25, 0.3) is 0 Å². The van der Waals surface area contributed by atoms with Crippen LogP contribution in [0.15, 0.2) is 24.3 Å². The molecule has 0 unspecified atom stereocenters. The normalized spacial score (nSPS) is 18.2. The summed E-state index contributed by atoms with van der Waals surface area (Å²) in [6.07, 6.45) is 6.63. The number of hydrogen-bond acceptors (Lipinski definition) is 2. The summed E-state index contributed by atoms with van der Waals surface area (Å²) in [7, 11) is 1.69. The van der Waals surface area contributed by atoms with Crippen LogP contribution in [-0.2, 0) is 0 Å². The van der Waals surface area contributed by atoms with Gasteiger partial charge in [0.25, 0.3) is 0 Å². The van der Waals surface area contributed by atoms with Gasteiger partial charge < -0.3 is 10.5 Å². The van der Waals surface area contributed by atoms with E-state index in [1.165, 1.54) is 37.7 Å². The Kier molecular flexibility index (Phi) is 5.79. The van der Waals surface area contributed by atoms with E-state index in [4.69, 9.17) is 10.5 Å². The highest BCUT2D eigenvalue weighted by Gasteiger charge is 2.21. The summed E-state index contributed by atoms with van der Waals surface area (Å²) in [5, 5.41) is 0. The van der Waals surface area contributed by atoms with Crippen LogP contribution >= 0.6 is 12.4 Å². The van der Waals surface area contributed by atoms with E-state index in [9.17, 15) is 0 Å². The van der Waals surface area contributed by atoms with Crippen molar-refractivity contribution in [3.63, 3.8) is 0 Å². The molecule has 1 aromatic rings. The molecule has 0 bridgehead atoms. The van der Waals surface area contributed by atoms with Crippen LogP contribution in [0.5, 0.6) is 5.75 Å². The molecule has 0 radical (unpaired) electrons. The molecule has 0 heterocycles. The summed E-state index contributed by atoms with van der Waals surface area (Å²) in [5.41, 5.74) is 7.56. The molecule has 2 N–H and O–H groups in total. The first-order chi connectivity index (χ1) is 7.81. The Morgan fingerprint density at radius 2 is 1.71 bits per heavy atom. The number of hydrogen-bond donors (Lipinski definition) is 1. The van der Waals surface area contributed by atoms with Crippen LogP contribution in [0, 0.1) is 5.92 Å². The van der Waals surface area contributed by atoms with Gasteiger partial charge in [-0.3, -0.25) is 0 Å². The molecule has 17 heavy (non-hydrogen) atoms. The highest BCUT2D eigenvalue weighted by Crippen LogP contribution is 2.33. The maximum absolute atomic E-state index is 6.32. The predicted molar refractivity (Wildman–Crippen MR) is 73.7 cm³/mol. The van der Waals surface area contributed by atoms with Gasteiger partial charge in [-0.15, -0.1) is 12.4 Å². The van der Waals surface area contributed by atoms with E-state index in [0.717, 1.165) is 5.75 Å². The van der Waals surface area contributed by atoms with Crippen LogP contribution in [-0.4, -0.2) is 7.11 Å². The standard InChI is InChI=1S/C14H21NO.ClH/c1-16-13-9-7-12(8-10-13)14(15)11-5-3-2-4-6-11;/h7-11,14H,2-6,15H2,1H3;1H/t14-;/m0./s1. The average molecular weight is 256 g/mol. The summed E-state index contributed by atoms with van der Waals surface area (Å²) < 4.78 is 5.15. The molecule has 1 aliphatic rings. The molecule has 2 rings (SSSR count). The van der Waals surface area contributed by atoms with Gasteiger partial charge in [0, 0.05) is 6.04 Å². The van der Waals surface area contributed by atoms with Crippen molar-refractivity contribution in [1.29, 1.82) is 0 Å². The quantitative estimate of drug-likeness (QED) is 0.894. The highest BCUT2D eigenvalue weighted by molar-refractivity contribution is 5.85. The lowest BCUT2D eigenvalue weighted by Gasteiger charge is -2.27. The number of rotatable bonds is 3. The number of halogens is 1. The Balaban J connectivity index is 0.00000144. The van der Waals surface area contributed by atoms with Crippen molar-refractivity contribution in [3.8, 4) is 5.75 Å². The minimum absolute atomic E-state index is 0. The van der Waals surface area contributed by atoms with Crippen molar-refractivity contribution >= 4 is 12.4 Å². The first-order valence-corrected chi connectivity index (χ1v) is 6.21. The molecule has 1 saturated carbocycles. The Morgan fingerprint density at radius 3 is 2.24 bits per heavy atom. The molecule has 0 amide bonds. The van der Waals surface area contributed by atoms with Crippen molar-refractivity contribution in [1.82, 2.24) is 0 Å². The lowest BCUT2D eigenvalue weighted by atomic mass is 9.81. The lowest BCUT2D eigenvalue weighted by Crippen LogP contribution is -2.23. The smallest absolute Gasteiger partial charge is 0.118 e. The maximum atomic E-state index is 6.32. The fourth-order valence-corrected chi connectivity index (χ4v) is 2.59. The summed E-state index contributed by atoms with van der Waals surface area (Å²) in [6, 6.07) is 8.39. The average Bonchev–Trinajstić information content (AvgIpc) is 2.39. The van der Waals surface area contributed by atoms with Gasteiger partial charge in [-0.25, -0.2) is 0 Å². The minimum atomic E-state index is 0. The monoisotopic (exact) mass is 255 g/mol. The largest absolute Gasteiger partial charge is 0.497 e. The molecule has 0 spiro atoms. The number of benzene rings is 1. The topological polar surface area (TPSA) is 35.2 Å². The van der Waals surface area contributed by atoms with Crippen molar-refractivity contribution in [2.45, 2.75) is 38.1 Å². The van der Waals surface area contributed by atoms with Gasteiger partial charge in [0.1, 0.15) is 5.75 Å². The van der Waals surface area contributed by atoms with E-state index >= 15 is 0 Å². The van der Waals surface area contributed by atoms with Gasteiger partial charge in [-0.2, -0.15) is 0 Å². The van der Waals surface area contributed by atoms with Crippen LogP contribution in [0.2, 0.25) is 0 Å². The molecule has 1 aromatic carbocycles. The Hall–Kier alpha value is -0.730. The third-order valence-corrected chi connectivity index (χ3v) is 3.66. The van der Waals surface area contributed by atoms with E-state index in [1.54, 1.807) is 7.11 Å². The van der Waals surface area contributed by atoms with Crippen LogP contribution in [0.4, 0.5) is 0 Å². The SMILES string of the molecule is COc1ccc([C@@H](N)C2CCCCC2)cc1.Cl. The molecule has 0 saturated heterocycles.